The molecule has 0 aliphatic carbocycles. The average Bonchev–Trinajstić information content (AvgIpc) is 2.61. The van der Waals surface area contributed by atoms with E-state index in [1.807, 2.05) is 60.7 Å². The zero-order valence-corrected chi connectivity index (χ0v) is 14.7. The van der Waals surface area contributed by atoms with Gasteiger partial charge in [0.2, 0.25) is 0 Å². The van der Waals surface area contributed by atoms with Crippen LogP contribution in [0.3, 0.4) is 0 Å². The van der Waals surface area contributed by atoms with E-state index in [0.29, 0.717) is 12.8 Å². The summed E-state index contributed by atoms with van der Waals surface area (Å²) in [7, 11) is -0.205. The summed E-state index contributed by atoms with van der Waals surface area (Å²) in [5.41, 5.74) is 1.12. The number of hydrogen-bond acceptors (Lipinski definition) is 4. The number of esters is 1. The highest BCUT2D eigenvalue weighted by Gasteiger charge is 2.35. The van der Waals surface area contributed by atoms with Gasteiger partial charge in [0.15, 0.2) is 8.46 Å². The Morgan fingerprint density at radius 1 is 1.09 bits per heavy atom. The first-order chi connectivity index (χ1) is 11.1. The van der Waals surface area contributed by atoms with Gasteiger partial charge in [-0.3, -0.25) is 9.36 Å². The normalized spacial score (nSPS) is 13.4. The molecule has 1 atom stereocenters. The molecule has 0 bridgehead atoms. The molecule has 0 saturated heterocycles. The monoisotopic (exact) mass is 346 g/mol. The maximum Gasteiger partial charge on any atom is 0.324 e. The van der Waals surface area contributed by atoms with Gasteiger partial charge in [0.05, 0.1) is 0 Å². The molecule has 0 saturated carbocycles. The Bertz CT molecular complexity index is 633. The molecule has 0 radical (unpaired) electrons. The Morgan fingerprint density at radius 3 is 2.30 bits per heavy atom. The Labute approximate surface area is 142 Å². The van der Waals surface area contributed by atoms with Gasteiger partial charge in [0.25, 0.3) is 0 Å². The van der Waals surface area contributed by atoms with Crippen LogP contribution in [0.25, 0.3) is 0 Å². The molecular weight excluding hydrogens is 327 g/mol. The number of carbonyl (C=O) groups is 1. The minimum absolute atomic E-state index is 0.205. The van der Waals surface area contributed by atoms with Gasteiger partial charge in [0, 0.05) is 4.90 Å². The minimum Gasteiger partial charge on any atom is -0.453 e. The zero-order chi connectivity index (χ0) is 16.5. The van der Waals surface area contributed by atoms with Crippen molar-refractivity contribution in [2.45, 2.75) is 29.8 Å². The lowest BCUT2D eigenvalue weighted by Gasteiger charge is -2.19. The summed E-state index contributed by atoms with van der Waals surface area (Å²) in [4.78, 5) is 13.3. The van der Waals surface area contributed by atoms with Crippen LogP contribution in [0.4, 0.5) is 0 Å². The van der Waals surface area contributed by atoms with Gasteiger partial charge < -0.3 is 4.74 Å². The Balaban J connectivity index is 1.85. The fourth-order valence-corrected chi connectivity index (χ4v) is 3.03. The number of rotatable bonds is 8. The lowest BCUT2D eigenvalue weighted by molar-refractivity contribution is -0.144. The number of thioether (sulfide) groups is 1. The van der Waals surface area contributed by atoms with Gasteiger partial charge in [-0.15, -0.1) is 0 Å². The molecule has 1 unspecified atom stereocenters. The molecule has 3 nitrogen and oxygen atoms in total. The van der Waals surface area contributed by atoms with E-state index in [4.69, 9.17) is 4.74 Å². The molecule has 0 aliphatic rings. The topological polar surface area (TPSA) is 43.4 Å². The van der Waals surface area contributed by atoms with E-state index in [1.165, 1.54) is 11.8 Å². The minimum atomic E-state index is -1.01. The van der Waals surface area contributed by atoms with Crippen molar-refractivity contribution >= 4 is 26.2 Å². The lowest BCUT2D eigenvalue weighted by atomic mass is 10.0. The summed E-state index contributed by atoms with van der Waals surface area (Å²) in [6.07, 6.45) is 1.17. The Kier molecular flexibility index (Phi) is 6.82. The van der Waals surface area contributed by atoms with Crippen LogP contribution in [0, 0.1) is 0 Å². The highest BCUT2D eigenvalue weighted by Crippen LogP contribution is 2.31. The van der Waals surface area contributed by atoms with Crippen molar-refractivity contribution < 1.29 is 14.1 Å². The molecular formula is C18H19O3PS. The summed E-state index contributed by atoms with van der Waals surface area (Å²) in [6.45, 7) is 1.68. The SMILES string of the molecule is CC(CCc1ccccc1)(P=O)C(=O)OCSc1ccccc1. The Hall–Kier alpha value is -1.64. The van der Waals surface area contributed by atoms with Crippen molar-refractivity contribution in [1.29, 1.82) is 0 Å². The van der Waals surface area contributed by atoms with Crippen molar-refractivity contribution in [3.63, 3.8) is 0 Å². The van der Waals surface area contributed by atoms with Crippen molar-refractivity contribution in [2.24, 2.45) is 0 Å². The second-order valence-corrected chi connectivity index (χ2v) is 7.52. The maximum atomic E-state index is 12.3. The number of hydrogen-bond donors (Lipinski definition) is 0. The smallest absolute Gasteiger partial charge is 0.324 e. The van der Waals surface area contributed by atoms with Crippen LogP contribution in [0.5, 0.6) is 0 Å². The third kappa shape index (κ3) is 5.49. The molecule has 23 heavy (non-hydrogen) atoms. The summed E-state index contributed by atoms with van der Waals surface area (Å²) >= 11 is 1.44. The van der Waals surface area contributed by atoms with E-state index in [1.54, 1.807) is 6.92 Å². The van der Waals surface area contributed by atoms with E-state index < -0.39 is 11.1 Å². The molecule has 2 aromatic rings. The number of carbonyl (C=O) groups excluding carboxylic acids is 1. The standard InChI is InChI=1S/C18H19O3PS/c1-18(22-20,13-12-15-8-4-2-5-9-15)17(19)21-14-23-16-10-6-3-7-11-16/h2-11H,12-14H2,1H3. The van der Waals surface area contributed by atoms with Crippen LogP contribution in [-0.4, -0.2) is 17.1 Å². The molecule has 0 heterocycles. The van der Waals surface area contributed by atoms with Gasteiger partial charge in [-0.2, -0.15) is 0 Å². The van der Waals surface area contributed by atoms with E-state index in [2.05, 4.69) is 0 Å². The third-order valence-corrected chi connectivity index (χ3v) is 5.19. The van der Waals surface area contributed by atoms with Crippen molar-refractivity contribution in [1.82, 2.24) is 0 Å². The maximum absolute atomic E-state index is 12.3. The fourth-order valence-electron chi connectivity index (χ4n) is 2.04. The van der Waals surface area contributed by atoms with E-state index in [0.717, 1.165) is 10.5 Å². The molecule has 0 aliphatic heterocycles. The first-order valence-corrected chi connectivity index (χ1v) is 9.17. The van der Waals surface area contributed by atoms with E-state index in [9.17, 15) is 9.36 Å². The third-order valence-electron chi connectivity index (χ3n) is 3.54. The first-order valence-electron chi connectivity index (χ1n) is 7.37. The van der Waals surface area contributed by atoms with Gasteiger partial charge in [-0.1, -0.05) is 60.3 Å². The quantitative estimate of drug-likeness (QED) is 0.293. The van der Waals surface area contributed by atoms with Crippen LogP contribution in [0.1, 0.15) is 18.9 Å². The van der Waals surface area contributed by atoms with Crippen LogP contribution in [0.2, 0.25) is 0 Å². The van der Waals surface area contributed by atoms with Crippen LogP contribution < -0.4 is 0 Å². The summed E-state index contributed by atoms with van der Waals surface area (Å²) in [5.74, 6) is -0.201. The summed E-state index contributed by atoms with van der Waals surface area (Å²) < 4.78 is 16.8. The molecule has 0 fully saturated rings. The van der Waals surface area contributed by atoms with Crippen LogP contribution in [0.15, 0.2) is 65.6 Å². The lowest BCUT2D eigenvalue weighted by Crippen LogP contribution is -2.31. The molecule has 2 rings (SSSR count). The molecule has 0 N–H and O–H groups in total. The second kappa shape index (κ2) is 8.85. The fraction of sp³-hybridized carbons (Fsp3) is 0.278. The molecule has 0 aromatic heterocycles. The van der Waals surface area contributed by atoms with Crippen molar-refractivity contribution in [3.8, 4) is 0 Å². The number of benzene rings is 2. The average molecular weight is 346 g/mol. The summed E-state index contributed by atoms with van der Waals surface area (Å²) in [5, 5.41) is -1.01. The predicted molar refractivity (Wildman–Crippen MR) is 94.0 cm³/mol. The zero-order valence-electron chi connectivity index (χ0n) is 13.0. The van der Waals surface area contributed by atoms with Gasteiger partial charge in [-0.25, -0.2) is 0 Å². The molecule has 120 valence electrons. The van der Waals surface area contributed by atoms with Gasteiger partial charge in [-0.05, 0) is 37.5 Å². The van der Waals surface area contributed by atoms with E-state index >= 15 is 0 Å². The molecule has 0 spiro atoms. The number of ether oxygens (including phenoxy) is 1. The summed E-state index contributed by atoms with van der Waals surface area (Å²) in [6, 6.07) is 19.6. The highest BCUT2D eigenvalue weighted by molar-refractivity contribution is 7.99. The highest BCUT2D eigenvalue weighted by atomic mass is 32.2. The second-order valence-electron chi connectivity index (χ2n) is 5.36. The van der Waals surface area contributed by atoms with Gasteiger partial charge in [0.1, 0.15) is 11.1 Å². The van der Waals surface area contributed by atoms with Gasteiger partial charge >= 0.3 is 5.97 Å². The molecule has 2 aromatic carbocycles. The van der Waals surface area contributed by atoms with Crippen molar-refractivity contribution in [2.75, 3.05) is 5.94 Å². The Morgan fingerprint density at radius 2 is 1.70 bits per heavy atom. The molecule has 0 amide bonds. The molecule has 5 heteroatoms. The predicted octanol–water partition coefficient (Wildman–Crippen LogP) is 4.96. The van der Waals surface area contributed by atoms with Crippen LogP contribution in [-0.2, 0) is 20.5 Å². The van der Waals surface area contributed by atoms with Crippen LogP contribution >= 0.6 is 20.2 Å². The largest absolute Gasteiger partial charge is 0.453 e. The number of aryl methyl sites for hydroxylation is 1. The van der Waals surface area contributed by atoms with E-state index in [-0.39, 0.29) is 14.4 Å². The van der Waals surface area contributed by atoms with Crippen molar-refractivity contribution in [3.05, 3.63) is 66.2 Å². The first kappa shape index (κ1) is 17.7.